The summed E-state index contributed by atoms with van der Waals surface area (Å²) < 4.78 is 5.05. The van der Waals surface area contributed by atoms with Gasteiger partial charge in [-0.15, -0.1) is 0 Å². The van der Waals surface area contributed by atoms with Crippen LogP contribution in [0.1, 0.15) is 30.6 Å². The molecule has 6 heteroatoms. The van der Waals surface area contributed by atoms with Crippen molar-refractivity contribution in [1.29, 1.82) is 0 Å². The molecule has 1 saturated carbocycles. The van der Waals surface area contributed by atoms with Gasteiger partial charge in [0.25, 0.3) is 5.91 Å². The third-order valence-corrected chi connectivity index (χ3v) is 5.82. The number of likely N-dealkylation sites (tertiary alicyclic amines) is 1. The molecule has 2 atom stereocenters. The number of fused-ring (bicyclic) bond motifs is 2. The van der Waals surface area contributed by atoms with Gasteiger partial charge in [-0.05, 0) is 29.9 Å². The van der Waals surface area contributed by atoms with E-state index in [-0.39, 0.29) is 23.2 Å². The fourth-order valence-corrected chi connectivity index (χ4v) is 4.83. The predicted molar refractivity (Wildman–Crippen MR) is 88.3 cm³/mol. The van der Waals surface area contributed by atoms with Crippen LogP contribution in [0.3, 0.4) is 0 Å². The monoisotopic (exact) mass is 327 g/mol. The van der Waals surface area contributed by atoms with Crippen molar-refractivity contribution in [3.05, 3.63) is 30.1 Å². The molecule has 24 heavy (non-hydrogen) atoms. The van der Waals surface area contributed by atoms with E-state index in [1.54, 1.807) is 17.3 Å². The topological polar surface area (TPSA) is 75.3 Å². The van der Waals surface area contributed by atoms with Crippen molar-refractivity contribution in [3.8, 4) is 0 Å². The SMILES string of the molecule is COC(=O)[C@@]12CN(C(=O)c3c[nH]c4ncccc34)C[C@@H]1C(C)(C)C2. The van der Waals surface area contributed by atoms with Gasteiger partial charge in [-0.2, -0.15) is 0 Å². The summed E-state index contributed by atoms with van der Waals surface area (Å²) >= 11 is 0. The zero-order valence-corrected chi connectivity index (χ0v) is 14.1. The number of esters is 1. The van der Waals surface area contributed by atoms with Gasteiger partial charge in [-0.3, -0.25) is 9.59 Å². The Morgan fingerprint density at radius 1 is 1.42 bits per heavy atom. The molecule has 2 aromatic heterocycles. The van der Waals surface area contributed by atoms with Crippen molar-refractivity contribution in [2.75, 3.05) is 20.2 Å². The standard InChI is InChI=1S/C18H21N3O3/c1-17(2)9-18(16(23)24-3)10-21(8-13(17)18)15(22)12-7-20-14-11(12)5-4-6-19-14/h4-7,13H,8-10H2,1-3H3,(H,19,20)/t13-,18+/m1/s1. The minimum absolute atomic E-state index is 0.0466. The van der Waals surface area contributed by atoms with E-state index < -0.39 is 5.41 Å². The lowest BCUT2D eigenvalue weighted by molar-refractivity contribution is -0.174. The maximum absolute atomic E-state index is 13.0. The molecule has 1 aliphatic carbocycles. The van der Waals surface area contributed by atoms with Crippen molar-refractivity contribution < 1.29 is 14.3 Å². The summed E-state index contributed by atoms with van der Waals surface area (Å²) in [6.07, 6.45) is 4.16. The van der Waals surface area contributed by atoms with Crippen molar-refractivity contribution in [3.63, 3.8) is 0 Å². The number of carbonyl (C=O) groups is 2. The largest absolute Gasteiger partial charge is 0.469 e. The molecule has 4 rings (SSSR count). The number of hydrogen-bond donors (Lipinski definition) is 1. The number of nitrogens with one attached hydrogen (secondary N) is 1. The zero-order valence-electron chi connectivity index (χ0n) is 14.1. The molecule has 0 unspecified atom stereocenters. The van der Waals surface area contributed by atoms with E-state index in [9.17, 15) is 9.59 Å². The first-order valence-electron chi connectivity index (χ1n) is 8.19. The second kappa shape index (κ2) is 4.82. The molecule has 126 valence electrons. The highest BCUT2D eigenvalue weighted by Crippen LogP contribution is 2.63. The van der Waals surface area contributed by atoms with E-state index in [0.717, 1.165) is 11.8 Å². The van der Waals surface area contributed by atoms with Crippen molar-refractivity contribution >= 4 is 22.9 Å². The number of amides is 1. The molecule has 1 amide bonds. The first kappa shape index (κ1) is 15.2. The van der Waals surface area contributed by atoms with Crippen molar-refractivity contribution in [2.45, 2.75) is 20.3 Å². The Morgan fingerprint density at radius 3 is 2.92 bits per heavy atom. The molecule has 1 saturated heterocycles. The Labute approximate surface area is 140 Å². The quantitative estimate of drug-likeness (QED) is 0.858. The van der Waals surface area contributed by atoms with Gasteiger partial charge < -0.3 is 14.6 Å². The maximum atomic E-state index is 13.0. The highest BCUT2D eigenvalue weighted by molar-refractivity contribution is 6.06. The lowest BCUT2D eigenvalue weighted by Crippen LogP contribution is -2.57. The van der Waals surface area contributed by atoms with E-state index in [0.29, 0.717) is 24.3 Å². The molecular weight excluding hydrogens is 306 g/mol. The highest BCUT2D eigenvalue weighted by atomic mass is 16.5. The number of pyridine rings is 1. The number of nitrogens with zero attached hydrogens (tertiary/aromatic N) is 2. The van der Waals surface area contributed by atoms with E-state index in [4.69, 9.17) is 4.74 Å². The molecule has 0 spiro atoms. The number of rotatable bonds is 2. The summed E-state index contributed by atoms with van der Waals surface area (Å²) in [5.41, 5.74) is 0.812. The molecule has 2 fully saturated rings. The molecule has 0 radical (unpaired) electrons. The van der Waals surface area contributed by atoms with Gasteiger partial charge in [0.15, 0.2) is 0 Å². The maximum Gasteiger partial charge on any atom is 0.314 e. The second-order valence-corrected chi connectivity index (χ2v) is 7.65. The van der Waals surface area contributed by atoms with E-state index in [2.05, 4.69) is 23.8 Å². The van der Waals surface area contributed by atoms with Crippen LogP contribution in [0.15, 0.2) is 24.5 Å². The Balaban J connectivity index is 1.66. The number of aromatic nitrogens is 2. The molecule has 6 nitrogen and oxygen atoms in total. The van der Waals surface area contributed by atoms with Gasteiger partial charge in [0.1, 0.15) is 5.65 Å². The van der Waals surface area contributed by atoms with Gasteiger partial charge in [-0.25, -0.2) is 4.98 Å². The second-order valence-electron chi connectivity index (χ2n) is 7.65. The summed E-state index contributed by atoms with van der Waals surface area (Å²) in [5.74, 6) is -0.102. The first-order chi connectivity index (χ1) is 11.4. The highest BCUT2D eigenvalue weighted by Gasteiger charge is 2.68. The van der Waals surface area contributed by atoms with Gasteiger partial charge in [0.05, 0.1) is 18.1 Å². The van der Waals surface area contributed by atoms with Gasteiger partial charge in [0.2, 0.25) is 0 Å². The number of methoxy groups -OCH3 is 1. The summed E-state index contributed by atoms with van der Waals surface area (Å²) in [7, 11) is 1.43. The number of carbonyl (C=O) groups excluding carboxylic acids is 2. The average molecular weight is 327 g/mol. The molecule has 0 bridgehead atoms. The molecule has 1 N–H and O–H groups in total. The van der Waals surface area contributed by atoms with Crippen molar-refractivity contribution in [1.82, 2.24) is 14.9 Å². The Morgan fingerprint density at radius 2 is 2.21 bits per heavy atom. The third kappa shape index (κ3) is 1.85. The van der Waals surface area contributed by atoms with Gasteiger partial charge >= 0.3 is 5.97 Å². The number of hydrogen-bond acceptors (Lipinski definition) is 4. The Bertz CT molecular complexity index is 841. The van der Waals surface area contributed by atoms with Crippen LogP contribution in [0.4, 0.5) is 0 Å². The Kier molecular flexibility index (Phi) is 3.04. The van der Waals surface area contributed by atoms with Crippen LogP contribution in [0.2, 0.25) is 0 Å². The molecule has 2 aliphatic rings. The Hall–Kier alpha value is -2.37. The van der Waals surface area contributed by atoms with Crippen LogP contribution in [0.5, 0.6) is 0 Å². The van der Waals surface area contributed by atoms with Gasteiger partial charge in [-0.1, -0.05) is 13.8 Å². The fourth-order valence-electron chi connectivity index (χ4n) is 4.83. The third-order valence-electron chi connectivity index (χ3n) is 5.82. The molecule has 3 heterocycles. The van der Waals surface area contributed by atoms with E-state index >= 15 is 0 Å². The molecule has 0 aromatic carbocycles. The number of H-pyrrole nitrogens is 1. The van der Waals surface area contributed by atoms with Crippen LogP contribution in [0.25, 0.3) is 11.0 Å². The van der Waals surface area contributed by atoms with E-state index in [1.807, 2.05) is 12.1 Å². The molecular formula is C18H21N3O3. The fraction of sp³-hybridized carbons (Fsp3) is 0.500. The van der Waals surface area contributed by atoms with Crippen LogP contribution in [-0.4, -0.2) is 46.9 Å². The number of ether oxygens (including phenoxy) is 1. The summed E-state index contributed by atoms with van der Waals surface area (Å²) in [6, 6.07) is 3.70. The predicted octanol–water partition coefficient (Wildman–Crippen LogP) is 2.22. The smallest absolute Gasteiger partial charge is 0.314 e. The average Bonchev–Trinajstić information content (AvgIpc) is 3.13. The van der Waals surface area contributed by atoms with Crippen LogP contribution < -0.4 is 0 Å². The van der Waals surface area contributed by atoms with Crippen LogP contribution in [0, 0.1) is 16.7 Å². The molecule has 1 aliphatic heterocycles. The van der Waals surface area contributed by atoms with Crippen molar-refractivity contribution in [2.24, 2.45) is 16.7 Å². The normalized spacial score (nSPS) is 27.6. The summed E-state index contributed by atoms with van der Waals surface area (Å²) in [6.45, 7) is 5.33. The summed E-state index contributed by atoms with van der Waals surface area (Å²) in [4.78, 5) is 34.5. The van der Waals surface area contributed by atoms with Crippen LogP contribution >= 0.6 is 0 Å². The lowest BCUT2D eigenvalue weighted by atomic mass is 9.48. The summed E-state index contributed by atoms with van der Waals surface area (Å²) in [5, 5.41) is 0.813. The zero-order chi connectivity index (χ0) is 17.1. The number of aromatic amines is 1. The van der Waals surface area contributed by atoms with Gasteiger partial charge in [0, 0.05) is 30.9 Å². The first-order valence-corrected chi connectivity index (χ1v) is 8.19. The molecule has 2 aromatic rings. The van der Waals surface area contributed by atoms with E-state index in [1.165, 1.54) is 7.11 Å². The minimum atomic E-state index is -0.543. The van der Waals surface area contributed by atoms with Crippen LogP contribution in [-0.2, 0) is 9.53 Å². The lowest BCUT2D eigenvalue weighted by Gasteiger charge is -2.54. The minimum Gasteiger partial charge on any atom is -0.469 e.